The van der Waals surface area contributed by atoms with Gasteiger partial charge in [0.05, 0.1) is 6.04 Å². The Labute approximate surface area is 92.4 Å². The molecule has 1 heterocycles. The van der Waals surface area contributed by atoms with Gasteiger partial charge >= 0.3 is 0 Å². The van der Waals surface area contributed by atoms with Crippen LogP contribution < -0.4 is 10.6 Å². The van der Waals surface area contributed by atoms with Crippen LogP contribution in [0.1, 0.15) is 27.7 Å². The fourth-order valence-corrected chi connectivity index (χ4v) is 1.73. The molecular weight excluding hydrogens is 190 g/mol. The molecule has 1 rings (SSSR count). The van der Waals surface area contributed by atoms with Crippen molar-refractivity contribution in [1.29, 1.82) is 0 Å². The van der Waals surface area contributed by atoms with E-state index >= 15 is 0 Å². The number of hydrogen-bond acceptors (Lipinski definition) is 3. The van der Waals surface area contributed by atoms with Crippen molar-refractivity contribution in [3.05, 3.63) is 0 Å². The third-order valence-electron chi connectivity index (χ3n) is 2.52. The van der Waals surface area contributed by atoms with Gasteiger partial charge in [0.15, 0.2) is 0 Å². The molecular formula is C11H23N3O. The van der Waals surface area contributed by atoms with Gasteiger partial charge in [-0.15, -0.1) is 0 Å². The smallest absolute Gasteiger partial charge is 0.238 e. The summed E-state index contributed by atoms with van der Waals surface area (Å²) in [5.41, 5.74) is -0.146. The van der Waals surface area contributed by atoms with Gasteiger partial charge in [-0.25, -0.2) is 0 Å². The minimum atomic E-state index is -0.146. The highest BCUT2D eigenvalue weighted by atomic mass is 16.2. The molecule has 0 aliphatic carbocycles. The number of nitrogens with zero attached hydrogens (tertiary/aromatic N) is 1. The molecule has 1 atom stereocenters. The maximum absolute atomic E-state index is 11.9. The molecule has 0 radical (unpaired) electrons. The lowest BCUT2D eigenvalue weighted by molar-refractivity contribution is -0.125. The summed E-state index contributed by atoms with van der Waals surface area (Å²) in [5.74, 6) is 0.112. The van der Waals surface area contributed by atoms with Crippen LogP contribution in [0.25, 0.3) is 0 Å². The molecule has 1 amide bonds. The number of hydrogen-bond donors (Lipinski definition) is 2. The number of nitrogens with one attached hydrogen (secondary N) is 2. The third kappa shape index (κ3) is 4.18. The highest BCUT2D eigenvalue weighted by molar-refractivity contribution is 5.82. The van der Waals surface area contributed by atoms with Gasteiger partial charge in [0, 0.05) is 25.2 Å². The fraction of sp³-hybridized carbons (Fsp3) is 0.909. The van der Waals surface area contributed by atoms with Crippen molar-refractivity contribution in [2.75, 3.05) is 26.2 Å². The Balaban J connectivity index is 2.45. The van der Waals surface area contributed by atoms with Crippen molar-refractivity contribution in [3.8, 4) is 0 Å². The first-order valence-corrected chi connectivity index (χ1v) is 5.70. The number of carbonyl (C=O) groups excluding carboxylic acids is 1. The minimum Gasteiger partial charge on any atom is -0.350 e. The van der Waals surface area contributed by atoms with E-state index in [0.717, 1.165) is 26.2 Å². The number of piperazine rings is 1. The lowest BCUT2D eigenvalue weighted by Gasteiger charge is -2.33. The van der Waals surface area contributed by atoms with Crippen LogP contribution in [0.2, 0.25) is 0 Å². The van der Waals surface area contributed by atoms with E-state index in [9.17, 15) is 4.79 Å². The van der Waals surface area contributed by atoms with Crippen LogP contribution in [0.4, 0.5) is 0 Å². The molecule has 4 nitrogen and oxygen atoms in total. The number of carbonyl (C=O) groups is 1. The molecule has 0 saturated carbocycles. The highest BCUT2D eigenvalue weighted by Gasteiger charge is 2.26. The van der Waals surface area contributed by atoms with E-state index in [1.165, 1.54) is 0 Å². The standard InChI is InChI=1S/C11H23N3O/c1-5-14-7-6-12-9(8-14)10(15)13-11(2,3)4/h9,12H,5-8H2,1-4H3,(H,13,15). The van der Waals surface area contributed by atoms with E-state index in [0.29, 0.717) is 0 Å². The lowest BCUT2D eigenvalue weighted by atomic mass is 10.1. The summed E-state index contributed by atoms with van der Waals surface area (Å²) in [6.45, 7) is 11.9. The number of likely N-dealkylation sites (N-methyl/N-ethyl adjacent to an activating group) is 1. The predicted molar refractivity (Wildman–Crippen MR) is 61.8 cm³/mol. The average Bonchev–Trinajstić information content (AvgIpc) is 2.15. The molecule has 1 unspecified atom stereocenters. The largest absolute Gasteiger partial charge is 0.350 e. The van der Waals surface area contributed by atoms with Crippen LogP contribution in [0.5, 0.6) is 0 Å². The van der Waals surface area contributed by atoms with Gasteiger partial charge in [0.2, 0.25) is 5.91 Å². The fourth-order valence-electron chi connectivity index (χ4n) is 1.73. The summed E-state index contributed by atoms with van der Waals surface area (Å²) in [5, 5.41) is 6.26. The third-order valence-corrected chi connectivity index (χ3v) is 2.52. The molecule has 0 spiro atoms. The second-order valence-corrected chi connectivity index (χ2v) is 5.14. The Bertz CT molecular complexity index is 222. The SMILES string of the molecule is CCN1CCNC(C(=O)NC(C)(C)C)C1. The monoisotopic (exact) mass is 213 g/mol. The summed E-state index contributed by atoms with van der Waals surface area (Å²) in [7, 11) is 0. The molecule has 1 aliphatic rings. The molecule has 0 aromatic heterocycles. The molecule has 88 valence electrons. The van der Waals surface area contributed by atoms with Gasteiger partial charge in [-0.1, -0.05) is 6.92 Å². The maximum atomic E-state index is 11.9. The highest BCUT2D eigenvalue weighted by Crippen LogP contribution is 2.03. The van der Waals surface area contributed by atoms with E-state index in [1.54, 1.807) is 0 Å². The first-order valence-electron chi connectivity index (χ1n) is 5.70. The predicted octanol–water partition coefficient (Wildman–Crippen LogP) is 0.195. The van der Waals surface area contributed by atoms with Gasteiger partial charge in [-0.05, 0) is 27.3 Å². The Kier molecular flexibility index (Phi) is 4.11. The average molecular weight is 213 g/mol. The van der Waals surface area contributed by atoms with Crippen molar-refractivity contribution < 1.29 is 4.79 Å². The Morgan fingerprint density at radius 3 is 2.73 bits per heavy atom. The summed E-state index contributed by atoms with van der Waals surface area (Å²) in [6.07, 6.45) is 0. The molecule has 1 saturated heterocycles. The second kappa shape index (κ2) is 4.94. The summed E-state index contributed by atoms with van der Waals surface area (Å²) in [6, 6.07) is -0.0575. The zero-order valence-electron chi connectivity index (χ0n) is 10.3. The normalized spacial score (nSPS) is 23.9. The number of rotatable bonds is 2. The van der Waals surface area contributed by atoms with Crippen LogP contribution >= 0.6 is 0 Å². The number of amides is 1. The van der Waals surface area contributed by atoms with Crippen LogP contribution in [-0.4, -0.2) is 48.6 Å². The van der Waals surface area contributed by atoms with E-state index in [1.807, 2.05) is 20.8 Å². The molecule has 0 bridgehead atoms. The van der Waals surface area contributed by atoms with Gasteiger partial charge in [-0.2, -0.15) is 0 Å². The zero-order chi connectivity index (χ0) is 11.5. The summed E-state index contributed by atoms with van der Waals surface area (Å²) < 4.78 is 0. The molecule has 0 aromatic carbocycles. The minimum absolute atomic E-state index is 0.0575. The molecule has 4 heteroatoms. The van der Waals surface area contributed by atoms with E-state index in [-0.39, 0.29) is 17.5 Å². The van der Waals surface area contributed by atoms with Gasteiger partial charge in [0.1, 0.15) is 0 Å². The van der Waals surface area contributed by atoms with Crippen molar-refractivity contribution in [1.82, 2.24) is 15.5 Å². The first-order chi connectivity index (χ1) is 6.92. The van der Waals surface area contributed by atoms with Gasteiger partial charge in [0.25, 0.3) is 0 Å². The Morgan fingerprint density at radius 1 is 1.53 bits per heavy atom. The quantitative estimate of drug-likeness (QED) is 0.688. The zero-order valence-corrected chi connectivity index (χ0v) is 10.3. The van der Waals surface area contributed by atoms with Crippen molar-refractivity contribution in [2.24, 2.45) is 0 Å². The van der Waals surface area contributed by atoms with Gasteiger partial charge in [-0.3, -0.25) is 4.79 Å². The topological polar surface area (TPSA) is 44.4 Å². The van der Waals surface area contributed by atoms with E-state index < -0.39 is 0 Å². The molecule has 2 N–H and O–H groups in total. The van der Waals surface area contributed by atoms with Crippen molar-refractivity contribution in [2.45, 2.75) is 39.3 Å². The Morgan fingerprint density at radius 2 is 2.20 bits per heavy atom. The maximum Gasteiger partial charge on any atom is 0.238 e. The van der Waals surface area contributed by atoms with Crippen molar-refractivity contribution >= 4 is 5.91 Å². The summed E-state index contributed by atoms with van der Waals surface area (Å²) in [4.78, 5) is 14.2. The van der Waals surface area contributed by atoms with Crippen LogP contribution in [-0.2, 0) is 4.79 Å². The first kappa shape index (κ1) is 12.5. The van der Waals surface area contributed by atoms with Crippen molar-refractivity contribution in [3.63, 3.8) is 0 Å². The molecule has 1 fully saturated rings. The second-order valence-electron chi connectivity index (χ2n) is 5.14. The molecule has 0 aromatic rings. The van der Waals surface area contributed by atoms with Gasteiger partial charge < -0.3 is 15.5 Å². The molecule has 1 aliphatic heterocycles. The van der Waals surface area contributed by atoms with Crippen LogP contribution in [0.15, 0.2) is 0 Å². The van der Waals surface area contributed by atoms with Crippen LogP contribution in [0, 0.1) is 0 Å². The van der Waals surface area contributed by atoms with E-state index in [2.05, 4.69) is 22.5 Å². The lowest BCUT2D eigenvalue weighted by Crippen LogP contribution is -2.59. The van der Waals surface area contributed by atoms with Crippen LogP contribution in [0.3, 0.4) is 0 Å². The Hall–Kier alpha value is -0.610. The van der Waals surface area contributed by atoms with E-state index in [4.69, 9.17) is 0 Å². The summed E-state index contributed by atoms with van der Waals surface area (Å²) >= 11 is 0. The molecule has 15 heavy (non-hydrogen) atoms.